The van der Waals surface area contributed by atoms with Crippen LogP contribution in [0.25, 0.3) is 0 Å². The van der Waals surface area contributed by atoms with E-state index in [0.29, 0.717) is 6.42 Å². The van der Waals surface area contributed by atoms with Crippen LogP contribution >= 0.6 is 0 Å². The van der Waals surface area contributed by atoms with Gasteiger partial charge in [-0.05, 0) is 64.2 Å². The van der Waals surface area contributed by atoms with E-state index in [1.807, 2.05) is 6.08 Å². The molecule has 45 heavy (non-hydrogen) atoms. The SMILES string of the molecule is CCC/C=C/CC/C=C/CC/C=C/C(O)C(CO)NC(=O)CC(O)CCCCCCC/C=C\CCCCCCCCCCCC. The van der Waals surface area contributed by atoms with E-state index >= 15 is 0 Å². The molecule has 0 aromatic heterocycles. The molecule has 0 fully saturated rings. The van der Waals surface area contributed by atoms with Gasteiger partial charge in [0.1, 0.15) is 0 Å². The molecule has 4 N–H and O–H groups in total. The second-order valence-corrected chi connectivity index (χ2v) is 12.8. The molecular weight excluding hydrogens is 558 g/mol. The molecule has 0 saturated heterocycles. The molecule has 0 aliphatic heterocycles. The number of unbranched alkanes of at least 4 members (excludes halogenated alkanes) is 18. The van der Waals surface area contributed by atoms with Crippen LogP contribution < -0.4 is 5.32 Å². The fourth-order valence-corrected chi connectivity index (χ4v) is 5.37. The van der Waals surface area contributed by atoms with Gasteiger partial charge in [-0.2, -0.15) is 0 Å². The van der Waals surface area contributed by atoms with Crippen LogP contribution in [0.3, 0.4) is 0 Å². The normalized spacial score (nSPS) is 14.3. The van der Waals surface area contributed by atoms with E-state index in [4.69, 9.17) is 0 Å². The Morgan fingerprint density at radius 2 is 1.00 bits per heavy atom. The number of rotatable bonds is 33. The van der Waals surface area contributed by atoms with Crippen LogP contribution in [0.1, 0.15) is 174 Å². The minimum absolute atomic E-state index is 0.00476. The number of aliphatic hydroxyl groups excluding tert-OH is 3. The van der Waals surface area contributed by atoms with E-state index in [0.717, 1.165) is 57.8 Å². The van der Waals surface area contributed by atoms with Crippen molar-refractivity contribution in [2.75, 3.05) is 6.61 Å². The second-order valence-electron chi connectivity index (χ2n) is 12.8. The minimum Gasteiger partial charge on any atom is -0.394 e. The first-order valence-electron chi connectivity index (χ1n) is 18.9. The second kappa shape index (κ2) is 35.2. The van der Waals surface area contributed by atoms with E-state index in [9.17, 15) is 20.1 Å². The van der Waals surface area contributed by atoms with Gasteiger partial charge in [-0.1, -0.05) is 152 Å². The van der Waals surface area contributed by atoms with Crippen molar-refractivity contribution < 1.29 is 20.1 Å². The molecule has 3 atom stereocenters. The van der Waals surface area contributed by atoms with Gasteiger partial charge in [0.05, 0.1) is 31.3 Å². The van der Waals surface area contributed by atoms with E-state index in [1.165, 1.54) is 89.9 Å². The van der Waals surface area contributed by atoms with Crippen LogP contribution in [0.15, 0.2) is 48.6 Å². The third kappa shape index (κ3) is 32.1. The maximum Gasteiger partial charge on any atom is 0.222 e. The Hall–Kier alpha value is -1.69. The van der Waals surface area contributed by atoms with Gasteiger partial charge < -0.3 is 20.6 Å². The zero-order valence-electron chi connectivity index (χ0n) is 29.5. The summed E-state index contributed by atoms with van der Waals surface area (Å²) < 4.78 is 0. The first-order valence-corrected chi connectivity index (χ1v) is 18.9. The largest absolute Gasteiger partial charge is 0.394 e. The average Bonchev–Trinajstić information content (AvgIpc) is 3.03. The Bertz CT molecular complexity index is 745. The smallest absolute Gasteiger partial charge is 0.222 e. The van der Waals surface area contributed by atoms with Crippen molar-refractivity contribution >= 4 is 5.91 Å². The molecule has 0 bridgehead atoms. The van der Waals surface area contributed by atoms with Crippen molar-refractivity contribution in [3.05, 3.63) is 48.6 Å². The topological polar surface area (TPSA) is 89.8 Å². The number of amides is 1. The van der Waals surface area contributed by atoms with Crippen LogP contribution in [-0.4, -0.2) is 46.1 Å². The summed E-state index contributed by atoms with van der Waals surface area (Å²) in [6.45, 7) is 4.10. The minimum atomic E-state index is -0.960. The molecule has 0 rings (SSSR count). The van der Waals surface area contributed by atoms with Gasteiger partial charge >= 0.3 is 0 Å². The molecule has 5 heteroatoms. The van der Waals surface area contributed by atoms with Gasteiger partial charge in [-0.3, -0.25) is 4.79 Å². The lowest BCUT2D eigenvalue weighted by atomic mass is 10.0. The molecule has 0 spiro atoms. The first kappa shape index (κ1) is 43.3. The summed E-state index contributed by atoms with van der Waals surface area (Å²) in [6.07, 6.45) is 43.9. The quantitative estimate of drug-likeness (QED) is 0.0429. The Labute approximate surface area is 278 Å². The lowest BCUT2D eigenvalue weighted by Gasteiger charge is -2.20. The molecule has 3 unspecified atom stereocenters. The fourth-order valence-electron chi connectivity index (χ4n) is 5.37. The molecule has 1 amide bonds. The molecule has 0 aliphatic rings. The summed E-state index contributed by atoms with van der Waals surface area (Å²) in [5.74, 6) is -0.338. The third-order valence-corrected chi connectivity index (χ3v) is 8.30. The van der Waals surface area contributed by atoms with Gasteiger partial charge in [0.25, 0.3) is 0 Å². The first-order chi connectivity index (χ1) is 22.0. The van der Waals surface area contributed by atoms with Gasteiger partial charge in [0, 0.05) is 0 Å². The maximum atomic E-state index is 12.3. The Morgan fingerprint density at radius 3 is 1.51 bits per heavy atom. The molecule has 5 nitrogen and oxygen atoms in total. The zero-order valence-corrected chi connectivity index (χ0v) is 29.5. The van der Waals surface area contributed by atoms with E-state index in [2.05, 4.69) is 55.6 Å². The van der Waals surface area contributed by atoms with Crippen molar-refractivity contribution in [3.63, 3.8) is 0 Å². The standard InChI is InChI=1S/C40H73NO4/c1-3-5-7-9-11-13-15-16-17-18-19-20-21-22-24-25-27-29-31-33-37(43)35-40(45)41-38(36-42)39(44)34-32-30-28-26-23-14-12-10-8-6-4-2/h8,10,20-21,23,26,32,34,37-39,42-44H,3-7,9,11-19,22,24-25,27-31,33,35-36H2,1-2H3,(H,41,45)/b10-8+,21-20-,26-23+,34-32+. The van der Waals surface area contributed by atoms with Gasteiger partial charge in [-0.15, -0.1) is 0 Å². The predicted molar refractivity (Wildman–Crippen MR) is 194 cm³/mol. The fraction of sp³-hybridized carbons (Fsp3) is 0.775. The summed E-state index contributed by atoms with van der Waals surface area (Å²) in [4.78, 5) is 12.3. The zero-order chi connectivity index (χ0) is 33.1. The monoisotopic (exact) mass is 632 g/mol. The third-order valence-electron chi connectivity index (χ3n) is 8.30. The maximum absolute atomic E-state index is 12.3. The molecule has 0 aromatic carbocycles. The number of aliphatic hydroxyl groups is 3. The van der Waals surface area contributed by atoms with Gasteiger partial charge in [0.15, 0.2) is 0 Å². The number of hydrogen-bond donors (Lipinski definition) is 4. The van der Waals surface area contributed by atoms with Crippen molar-refractivity contribution in [1.82, 2.24) is 5.32 Å². The highest BCUT2D eigenvalue weighted by atomic mass is 16.3. The van der Waals surface area contributed by atoms with Crippen molar-refractivity contribution in [3.8, 4) is 0 Å². The number of nitrogens with one attached hydrogen (secondary N) is 1. The van der Waals surface area contributed by atoms with Gasteiger partial charge in [0.2, 0.25) is 5.91 Å². The van der Waals surface area contributed by atoms with Crippen LogP contribution in [0.2, 0.25) is 0 Å². The molecule has 0 aromatic rings. The summed E-state index contributed by atoms with van der Waals surface area (Å²) in [5.41, 5.74) is 0. The van der Waals surface area contributed by atoms with Crippen LogP contribution in [0.5, 0.6) is 0 Å². The molecule has 0 radical (unpaired) electrons. The molecule has 0 heterocycles. The molecule has 262 valence electrons. The van der Waals surface area contributed by atoms with Gasteiger partial charge in [-0.25, -0.2) is 0 Å². The van der Waals surface area contributed by atoms with E-state index < -0.39 is 18.2 Å². The Balaban J connectivity index is 3.75. The van der Waals surface area contributed by atoms with Crippen LogP contribution in [0, 0.1) is 0 Å². The van der Waals surface area contributed by atoms with Crippen LogP contribution in [0.4, 0.5) is 0 Å². The molecule has 0 saturated carbocycles. The number of hydrogen-bond acceptors (Lipinski definition) is 4. The average molecular weight is 632 g/mol. The number of carbonyl (C=O) groups excluding carboxylic acids is 1. The van der Waals surface area contributed by atoms with Crippen LogP contribution in [-0.2, 0) is 4.79 Å². The van der Waals surface area contributed by atoms with E-state index in [-0.39, 0.29) is 18.9 Å². The Morgan fingerprint density at radius 1 is 0.556 bits per heavy atom. The predicted octanol–water partition coefficient (Wildman–Crippen LogP) is 10.2. The van der Waals surface area contributed by atoms with E-state index in [1.54, 1.807) is 6.08 Å². The highest BCUT2D eigenvalue weighted by Gasteiger charge is 2.20. The molecular formula is C40H73NO4. The lowest BCUT2D eigenvalue weighted by molar-refractivity contribution is -0.124. The number of allylic oxidation sites excluding steroid dienone is 7. The Kier molecular flexibility index (Phi) is 33.8. The summed E-state index contributed by atoms with van der Waals surface area (Å²) in [7, 11) is 0. The number of carbonyl (C=O) groups is 1. The highest BCUT2D eigenvalue weighted by molar-refractivity contribution is 5.76. The van der Waals surface area contributed by atoms with Crippen molar-refractivity contribution in [2.45, 2.75) is 193 Å². The lowest BCUT2D eigenvalue weighted by Crippen LogP contribution is -2.45. The highest BCUT2D eigenvalue weighted by Crippen LogP contribution is 2.13. The summed E-state index contributed by atoms with van der Waals surface area (Å²) in [5, 5.41) is 33.0. The summed E-state index contributed by atoms with van der Waals surface area (Å²) in [6, 6.07) is -0.768. The van der Waals surface area contributed by atoms with Crippen molar-refractivity contribution in [2.24, 2.45) is 0 Å². The summed E-state index contributed by atoms with van der Waals surface area (Å²) >= 11 is 0. The van der Waals surface area contributed by atoms with Crippen molar-refractivity contribution in [1.29, 1.82) is 0 Å². The molecule has 0 aliphatic carbocycles.